The summed E-state index contributed by atoms with van der Waals surface area (Å²) < 4.78 is 22.7. The minimum atomic E-state index is -0.377. The van der Waals surface area contributed by atoms with Gasteiger partial charge in [-0.3, -0.25) is 4.79 Å². The molecule has 0 aliphatic rings. The molecule has 3 rings (SSSR count). The maximum absolute atomic E-state index is 14.8. The first kappa shape index (κ1) is 31.8. The molecule has 1 aromatic heterocycles. The molecule has 0 spiro atoms. The molecule has 0 unspecified atom stereocenters. The number of hydrogen-bond donors (Lipinski definition) is 0. The van der Waals surface area contributed by atoms with Crippen LogP contribution in [-0.4, -0.2) is 12.5 Å². The van der Waals surface area contributed by atoms with Crippen molar-refractivity contribution in [1.82, 2.24) is 0 Å². The Morgan fingerprint density at radius 2 is 1.48 bits per heavy atom. The first-order chi connectivity index (χ1) is 19.5. The molecule has 0 aliphatic heterocycles. The molecular weight excluding hydrogens is 519 g/mol. The summed E-state index contributed by atoms with van der Waals surface area (Å²) in [5.41, 5.74) is 4.80. The molecule has 2 aromatic carbocycles. The zero-order chi connectivity index (χ0) is 28.6. The van der Waals surface area contributed by atoms with E-state index in [1.807, 2.05) is 30.3 Å². The number of carbonyl (C=O) groups is 1. The molecular formula is C34H48FN2O2S+. The van der Waals surface area contributed by atoms with E-state index in [0.29, 0.717) is 13.2 Å². The monoisotopic (exact) mass is 567 g/mol. The SMILES string of the molecule is CCCCCCCCCCCCCCOc1ccc(CN(C(C)=O)c2ccc(C[n+]3csc(C)c3)cc2)cc1F. The van der Waals surface area contributed by atoms with Crippen LogP contribution in [0.5, 0.6) is 5.75 Å². The normalized spacial score (nSPS) is 11.1. The Kier molecular flexibility index (Phi) is 14.2. The van der Waals surface area contributed by atoms with E-state index >= 15 is 0 Å². The van der Waals surface area contributed by atoms with Crippen LogP contribution in [0.25, 0.3) is 0 Å². The van der Waals surface area contributed by atoms with E-state index in [9.17, 15) is 9.18 Å². The molecule has 4 nitrogen and oxygen atoms in total. The smallest absolute Gasteiger partial charge is 0.225 e. The van der Waals surface area contributed by atoms with Gasteiger partial charge in [0.1, 0.15) is 0 Å². The number of carbonyl (C=O) groups excluding carboxylic acids is 1. The number of ether oxygens (including phenoxy) is 1. The highest BCUT2D eigenvalue weighted by atomic mass is 32.1. The average Bonchev–Trinajstić information content (AvgIpc) is 3.35. The molecule has 0 saturated carbocycles. The topological polar surface area (TPSA) is 33.4 Å². The summed E-state index contributed by atoms with van der Waals surface area (Å²) in [6, 6.07) is 13.0. The van der Waals surface area contributed by atoms with E-state index in [1.54, 1.807) is 29.2 Å². The van der Waals surface area contributed by atoms with Crippen LogP contribution in [0.4, 0.5) is 10.1 Å². The van der Waals surface area contributed by atoms with Crippen molar-refractivity contribution in [3.63, 3.8) is 0 Å². The van der Waals surface area contributed by atoms with Gasteiger partial charge in [0.15, 0.2) is 24.3 Å². The van der Waals surface area contributed by atoms with Crippen molar-refractivity contribution in [1.29, 1.82) is 0 Å². The lowest BCUT2D eigenvalue weighted by Crippen LogP contribution is -2.31. The lowest BCUT2D eigenvalue weighted by molar-refractivity contribution is -0.683. The van der Waals surface area contributed by atoms with E-state index in [1.165, 1.54) is 75.2 Å². The number of hydrogen-bond acceptors (Lipinski definition) is 3. The maximum Gasteiger partial charge on any atom is 0.225 e. The highest BCUT2D eigenvalue weighted by molar-refractivity contribution is 7.09. The predicted octanol–water partition coefficient (Wildman–Crippen LogP) is 9.16. The fraction of sp³-hybridized carbons (Fsp3) is 0.529. The van der Waals surface area contributed by atoms with E-state index in [0.717, 1.165) is 36.2 Å². The summed E-state index contributed by atoms with van der Waals surface area (Å²) in [6.07, 6.45) is 17.6. The zero-order valence-corrected chi connectivity index (χ0v) is 25.6. The molecule has 6 heteroatoms. The summed E-state index contributed by atoms with van der Waals surface area (Å²) >= 11 is 1.72. The number of rotatable bonds is 19. The van der Waals surface area contributed by atoms with Crippen molar-refractivity contribution < 1.29 is 18.5 Å². The van der Waals surface area contributed by atoms with Gasteiger partial charge >= 0.3 is 0 Å². The van der Waals surface area contributed by atoms with Gasteiger partial charge in [0, 0.05) is 18.2 Å². The van der Waals surface area contributed by atoms with E-state index in [-0.39, 0.29) is 17.5 Å². The van der Waals surface area contributed by atoms with Crippen molar-refractivity contribution in [3.05, 3.63) is 76.0 Å². The summed E-state index contributed by atoms with van der Waals surface area (Å²) in [5, 5.41) is 0. The molecule has 3 aromatic rings. The Hall–Kier alpha value is -2.73. The summed E-state index contributed by atoms with van der Waals surface area (Å²) in [7, 11) is 0. The molecule has 0 fully saturated rings. The third kappa shape index (κ3) is 11.4. The second kappa shape index (κ2) is 17.9. The number of anilines is 1. The Morgan fingerprint density at radius 3 is 2.02 bits per heavy atom. The first-order valence-electron chi connectivity index (χ1n) is 15.2. The van der Waals surface area contributed by atoms with Gasteiger partial charge in [0.25, 0.3) is 0 Å². The van der Waals surface area contributed by atoms with Crippen molar-refractivity contribution in [3.8, 4) is 5.75 Å². The van der Waals surface area contributed by atoms with Crippen molar-refractivity contribution in [2.75, 3.05) is 11.5 Å². The van der Waals surface area contributed by atoms with Crippen molar-refractivity contribution in [2.24, 2.45) is 0 Å². The fourth-order valence-corrected chi connectivity index (χ4v) is 5.61. The van der Waals surface area contributed by atoms with Gasteiger partial charge in [0.05, 0.1) is 18.0 Å². The molecule has 0 aliphatic carbocycles. The molecule has 0 saturated heterocycles. The Morgan fingerprint density at radius 1 is 0.875 bits per heavy atom. The Labute approximate surface area is 245 Å². The van der Waals surface area contributed by atoms with Gasteiger partial charge < -0.3 is 9.64 Å². The standard InChI is InChI=1S/C34H48FN2O2S/c1-4-5-6-7-8-9-10-11-12-13-14-15-22-39-34-21-18-31(23-33(34)35)26-37(29(3)38)32-19-16-30(17-20-32)25-36-24-28(2)40-27-36/h16-21,23-24,27H,4-15,22,25-26H2,1-3H3/q+1. The molecule has 0 N–H and O–H groups in total. The van der Waals surface area contributed by atoms with Crippen LogP contribution in [0, 0.1) is 12.7 Å². The number of nitrogens with zero attached hydrogens (tertiary/aromatic N) is 2. The zero-order valence-electron chi connectivity index (χ0n) is 24.8. The molecule has 0 radical (unpaired) electrons. The summed E-state index contributed by atoms with van der Waals surface area (Å²) in [5.74, 6) is -0.173. The second-order valence-corrected chi connectivity index (χ2v) is 12.0. The molecule has 0 bridgehead atoms. The van der Waals surface area contributed by atoms with E-state index < -0.39 is 0 Å². The van der Waals surface area contributed by atoms with Gasteiger partial charge in [-0.1, -0.05) is 107 Å². The maximum atomic E-state index is 14.8. The number of aryl methyl sites for hydroxylation is 1. The van der Waals surface area contributed by atoms with E-state index in [2.05, 4.69) is 30.1 Å². The number of amides is 1. The van der Waals surface area contributed by atoms with Crippen LogP contribution in [0.2, 0.25) is 0 Å². The highest BCUT2D eigenvalue weighted by Crippen LogP contribution is 2.23. The predicted molar refractivity (Wildman–Crippen MR) is 165 cm³/mol. The second-order valence-electron chi connectivity index (χ2n) is 10.9. The fourth-order valence-electron chi connectivity index (χ4n) is 4.97. The minimum absolute atomic E-state index is 0.0803. The molecule has 40 heavy (non-hydrogen) atoms. The van der Waals surface area contributed by atoms with Gasteiger partial charge in [-0.25, -0.2) is 4.39 Å². The number of thiazole rings is 1. The lowest BCUT2D eigenvalue weighted by atomic mass is 10.1. The first-order valence-corrected chi connectivity index (χ1v) is 16.1. The largest absolute Gasteiger partial charge is 0.491 e. The Balaban J connectivity index is 1.37. The minimum Gasteiger partial charge on any atom is -0.491 e. The lowest BCUT2D eigenvalue weighted by Gasteiger charge is -2.22. The quantitative estimate of drug-likeness (QED) is 0.107. The third-order valence-electron chi connectivity index (χ3n) is 7.31. The van der Waals surface area contributed by atoms with Crippen LogP contribution in [0.1, 0.15) is 107 Å². The molecule has 1 heterocycles. The number of aromatic nitrogens is 1. The van der Waals surface area contributed by atoms with Crippen LogP contribution < -0.4 is 14.2 Å². The van der Waals surface area contributed by atoms with Crippen LogP contribution in [0.15, 0.2) is 54.2 Å². The van der Waals surface area contributed by atoms with Crippen LogP contribution in [-0.2, 0) is 17.9 Å². The average molecular weight is 568 g/mol. The van der Waals surface area contributed by atoms with Gasteiger partial charge in [-0.15, -0.1) is 0 Å². The van der Waals surface area contributed by atoms with Crippen LogP contribution >= 0.6 is 11.3 Å². The van der Waals surface area contributed by atoms with Gasteiger partial charge in [0.2, 0.25) is 11.4 Å². The Bertz CT molecular complexity index is 1150. The van der Waals surface area contributed by atoms with Crippen molar-refractivity contribution >= 4 is 22.9 Å². The van der Waals surface area contributed by atoms with Gasteiger partial charge in [-0.2, -0.15) is 4.57 Å². The van der Waals surface area contributed by atoms with Gasteiger partial charge in [-0.05, 0) is 43.2 Å². The number of benzene rings is 2. The van der Waals surface area contributed by atoms with Crippen LogP contribution in [0.3, 0.4) is 0 Å². The molecule has 1 amide bonds. The number of halogens is 1. The molecule has 218 valence electrons. The third-order valence-corrected chi connectivity index (χ3v) is 8.16. The number of unbranched alkanes of at least 4 members (excludes halogenated alkanes) is 11. The summed E-state index contributed by atoms with van der Waals surface area (Å²) in [4.78, 5) is 15.4. The highest BCUT2D eigenvalue weighted by Gasteiger charge is 2.15. The van der Waals surface area contributed by atoms with E-state index in [4.69, 9.17) is 4.74 Å². The van der Waals surface area contributed by atoms with Crippen molar-refractivity contribution in [2.45, 2.75) is 111 Å². The molecule has 0 atom stereocenters. The summed E-state index contributed by atoms with van der Waals surface area (Å²) in [6.45, 7) is 7.52.